The lowest BCUT2D eigenvalue weighted by Gasteiger charge is -2.29. The second kappa shape index (κ2) is 5.45. The molecule has 1 radical (unpaired) electrons. The van der Waals surface area contributed by atoms with E-state index in [0.29, 0.717) is 12.5 Å². The minimum atomic E-state index is -0.450. The number of hydrogen-bond donors (Lipinski definition) is 0. The van der Waals surface area contributed by atoms with E-state index >= 15 is 0 Å². The van der Waals surface area contributed by atoms with E-state index in [2.05, 4.69) is 16.0 Å². The summed E-state index contributed by atoms with van der Waals surface area (Å²) in [6, 6.07) is 7.28. The second-order valence-corrected chi connectivity index (χ2v) is 4.71. The van der Waals surface area contributed by atoms with Gasteiger partial charge >= 0.3 is 0 Å². The van der Waals surface area contributed by atoms with Crippen LogP contribution >= 0.6 is 0 Å². The molecule has 4 heteroatoms. The van der Waals surface area contributed by atoms with Crippen LogP contribution in [0, 0.1) is 12.6 Å². The highest BCUT2D eigenvalue weighted by molar-refractivity contribution is 5.23. The molecular formula is C15H14FN2O. The van der Waals surface area contributed by atoms with E-state index in [4.69, 9.17) is 4.74 Å². The molecule has 3 heterocycles. The van der Waals surface area contributed by atoms with Gasteiger partial charge in [-0.05, 0) is 35.7 Å². The highest BCUT2D eigenvalue weighted by atomic mass is 19.1. The second-order valence-electron chi connectivity index (χ2n) is 4.71. The van der Waals surface area contributed by atoms with Gasteiger partial charge in [0.25, 0.3) is 0 Å². The highest BCUT2D eigenvalue weighted by Crippen LogP contribution is 2.36. The zero-order chi connectivity index (χ0) is 13.1. The minimum absolute atomic E-state index is 0.0939. The zero-order valence-corrected chi connectivity index (χ0v) is 10.4. The smallest absolute Gasteiger partial charge is 0.213 e. The van der Waals surface area contributed by atoms with Crippen LogP contribution < -0.4 is 0 Å². The summed E-state index contributed by atoms with van der Waals surface area (Å²) in [4.78, 5) is 7.72. The van der Waals surface area contributed by atoms with E-state index in [0.717, 1.165) is 17.5 Å². The Balaban J connectivity index is 1.78. The van der Waals surface area contributed by atoms with Crippen molar-refractivity contribution in [3.05, 3.63) is 66.5 Å². The number of hydrogen-bond acceptors (Lipinski definition) is 3. The molecule has 0 aliphatic carbocycles. The van der Waals surface area contributed by atoms with Crippen LogP contribution in [0.5, 0.6) is 0 Å². The number of pyridine rings is 2. The molecule has 2 aromatic rings. The van der Waals surface area contributed by atoms with Gasteiger partial charge in [-0.1, -0.05) is 6.07 Å². The van der Waals surface area contributed by atoms with Gasteiger partial charge in [0.15, 0.2) is 0 Å². The average Bonchev–Trinajstić information content (AvgIpc) is 2.48. The van der Waals surface area contributed by atoms with Gasteiger partial charge in [0.2, 0.25) is 5.95 Å². The number of rotatable bonds is 2. The minimum Gasteiger partial charge on any atom is -0.374 e. The summed E-state index contributed by atoms with van der Waals surface area (Å²) in [6.45, 7) is 2.44. The Morgan fingerprint density at radius 3 is 2.95 bits per heavy atom. The van der Waals surface area contributed by atoms with Crippen LogP contribution in [0.4, 0.5) is 4.39 Å². The number of halogens is 1. The van der Waals surface area contributed by atoms with E-state index in [-0.39, 0.29) is 5.92 Å². The van der Waals surface area contributed by atoms with E-state index in [1.54, 1.807) is 12.8 Å². The third kappa shape index (κ3) is 2.79. The van der Waals surface area contributed by atoms with Gasteiger partial charge in [0, 0.05) is 30.4 Å². The van der Waals surface area contributed by atoms with Gasteiger partial charge in [-0.2, -0.15) is 4.39 Å². The summed E-state index contributed by atoms with van der Waals surface area (Å²) >= 11 is 0. The summed E-state index contributed by atoms with van der Waals surface area (Å²) in [5.74, 6) is -0.0641. The molecule has 19 heavy (non-hydrogen) atoms. The molecule has 97 valence electrons. The van der Waals surface area contributed by atoms with E-state index in [9.17, 15) is 4.39 Å². The van der Waals surface area contributed by atoms with Crippen LogP contribution in [-0.4, -0.2) is 16.6 Å². The third-order valence-electron chi connectivity index (χ3n) is 3.43. The predicted molar refractivity (Wildman–Crippen MR) is 68.8 cm³/mol. The standard InChI is InChI=1S/C15H14FN2O/c16-15-7-11(3-5-18-15)13-6-14(10-19-9-13)12-2-1-4-17-8-12/h1-5,7-9,13-14H,6,10H2. The van der Waals surface area contributed by atoms with Gasteiger partial charge in [0.1, 0.15) is 0 Å². The molecule has 1 saturated heterocycles. The summed E-state index contributed by atoms with van der Waals surface area (Å²) in [5.41, 5.74) is 2.07. The monoisotopic (exact) mass is 257 g/mol. The summed E-state index contributed by atoms with van der Waals surface area (Å²) in [6.07, 6.45) is 6.01. The fourth-order valence-corrected chi connectivity index (χ4v) is 2.43. The number of ether oxygens (including phenoxy) is 1. The molecule has 0 amide bonds. The molecule has 0 N–H and O–H groups in total. The summed E-state index contributed by atoms with van der Waals surface area (Å²) in [7, 11) is 0. The first-order valence-corrected chi connectivity index (χ1v) is 6.29. The Morgan fingerprint density at radius 1 is 1.21 bits per heavy atom. The maximum absolute atomic E-state index is 13.2. The molecule has 1 fully saturated rings. The Kier molecular flexibility index (Phi) is 3.51. The van der Waals surface area contributed by atoms with Gasteiger partial charge < -0.3 is 4.74 Å². The molecule has 2 unspecified atom stereocenters. The fourth-order valence-electron chi connectivity index (χ4n) is 2.43. The van der Waals surface area contributed by atoms with Crippen LogP contribution in [0.1, 0.15) is 29.4 Å². The van der Waals surface area contributed by atoms with Crippen molar-refractivity contribution in [2.24, 2.45) is 0 Å². The van der Waals surface area contributed by atoms with Crippen molar-refractivity contribution in [1.29, 1.82) is 0 Å². The maximum Gasteiger partial charge on any atom is 0.213 e. The van der Waals surface area contributed by atoms with E-state index in [1.807, 2.05) is 18.3 Å². The lowest BCUT2D eigenvalue weighted by atomic mass is 9.85. The largest absolute Gasteiger partial charge is 0.374 e. The maximum atomic E-state index is 13.2. The lowest BCUT2D eigenvalue weighted by Crippen LogP contribution is -2.20. The van der Waals surface area contributed by atoms with Gasteiger partial charge in [-0.25, -0.2) is 4.98 Å². The van der Waals surface area contributed by atoms with Crippen molar-refractivity contribution >= 4 is 0 Å². The first-order chi connectivity index (χ1) is 9.33. The van der Waals surface area contributed by atoms with E-state index in [1.165, 1.54) is 12.3 Å². The Hall–Kier alpha value is -1.81. The Labute approximate surface area is 111 Å². The molecule has 0 aromatic carbocycles. The fraction of sp³-hybridized carbons (Fsp3) is 0.267. The molecule has 3 rings (SSSR count). The molecule has 3 nitrogen and oxygen atoms in total. The van der Waals surface area contributed by atoms with Crippen molar-refractivity contribution in [2.45, 2.75) is 18.3 Å². The van der Waals surface area contributed by atoms with Crippen molar-refractivity contribution in [3.63, 3.8) is 0 Å². The van der Waals surface area contributed by atoms with Crippen molar-refractivity contribution in [2.75, 3.05) is 6.61 Å². The van der Waals surface area contributed by atoms with Crippen LogP contribution in [0.15, 0.2) is 42.9 Å². The van der Waals surface area contributed by atoms with Gasteiger partial charge in [-0.15, -0.1) is 0 Å². The highest BCUT2D eigenvalue weighted by Gasteiger charge is 2.26. The Bertz CT molecular complexity index is 547. The molecule has 0 saturated carbocycles. The van der Waals surface area contributed by atoms with Crippen LogP contribution in [0.25, 0.3) is 0 Å². The molecule has 0 bridgehead atoms. The number of nitrogens with zero attached hydrogens (tertiary/aromatic N) is 2. The van der Waals surface area contributed by atoms with Gasteiger partial charge in [0.05, 0.1) is 13.2 Å². The van der Waals surface area contributed by atoms with Crippen molar-refractivity contribution in [1.82, 2.24) is 9.97 Å². The third-order valence-corrected chi connectivity index (χ3v) is 3.43. The first-order valence-electron chi connectivity index (χ1n) is 6.29. The summed E-state index contributed by atoms with van der Waals surface area (Å²) < 4.78 is 18.7. The normalized spacial score (nSPS) is 23.2. The van der Waals surface area contributed by atoms with Crippen molar-refractivity contribution in [3.8, 4) is 0 Å². The van der Waals surface area contributed by atoms with Crippen LogP contribution in [0.3, 0.4) is 0 Å². The molecular weight excluding hydrogens is 243 g/mol. The van der Waals surface area contributed by atoms with Crippen LogP contribution in [-0.2, 0) is 4.74 Å². The Morgan fingerprint density at radius 2 is 2.16 bits per heavy atom. The topological polar surface area (TPSA) is 35.0 Å². The average molecular weight is 257 g/mol. The quantitative estimate of drug-likeness (QED) is 0.775. The predicted octanol–water partition coefficient (Wildman–Crippen LogP) is 3.07. The summed E-state index contributed by atoms with van der Waals surface area (Å²) in [5, 5.41) is 0. The number of aromatic nitrogens is 2. The first kappa shape index (κ1) is 12.2. The van der Waals surface area contributed by atoms with Gasteiger partial charge in [-0.3, -0.25) is 4.98 Å². The van der Waals surface area contributed by atoms with E-state index < -0.39 is 5.95 Å². The molecule has 1 aliphatic rings. The van der Waals surface area contributed by atoms with Crippen molar-refractivity contribution < 1.29 is 9.13 Å². The molecule has 1 aliphatic heterocycles. The zero-order valence-electron chi connectivity index (χ0n) is 10.4. The van der Waals surface area contributed by atoms with Crippen LogP contribution in [0.2, 0.25) is 0 Å². The lowest BCUT2D eigenvalue weighted by molar-refractivity contribution is 0.121. The molecule has 2 aromatic heterocycles. The molecule has 2 atom stereocenters. The molecule has 0 spiro atoms. The SMILES string of the molecule is Fc1cc(C2[CH]OCC(c3cccnc3)C2)ccn1.